The van der Waals surface area contributed by atoms with E-state index in [2.05, 4.69) is 38.1 Å². The summed E-state index contributed by atoms with van der Waals surface area (Å²) in [7, 11) is -1.32. The van der Waals surface area contributed by atoms with Crippen LogP contribution in [0.5, 0.6) is 0 Å². The van der Waals surface area contributed by atoms with Crippen molar-refractivity contribution < 1.29 is 13.2 Å². The Morgan fingerprint density at radius 2 is 1.70 bits per heavy atom. The fraction of sp³-hybridized carbons (Fsp3) is 0.457. The summed E-state index contributed by atoms with van der Waals surface area (Å²) in [4.78, 5) is 33.5. The molecule has 11 heteroatoms. The minimum absolute atomic E-state index is 0.238. The molecule has 244 valence electrons. The van der Waals surface area contributed by atoms with Crippen molar-refractivity contribution in [1.29, 1.82) is 0 Å². The van der Waals surface area contributed by atoms with Gasteiger partial charge in [0.15, 0.2) is 21.4 Å². The van der Waals surface area contributed by atoms with Gasteiger partial charge in [0.25, 0.3) is 0 Å². The average Bonchev–Trinajstić information content (AvgIpc) is 3.51. The van der Waals surface area contributed by atoms with E-state index in [-0.39, 0.29) is 10.7 Å². The van der Waals surface area contributed by atoms with Crippen LogP contribution in [0.1, 0.15) is 43.6 Å². The maximum Gasteiger partial charge on any atom is 0.182 e. The third kappa shape index (κ3) is 7.49. The molecule has 4 heterocycles. The number of hydrogen-bond donors (Lipinski definition) is 2. The second-order valence-corrected chi connectivity index (χ2v) is 15.5. The number of aromatic nitrogens is 3. The molecule has 46 heavy (non-hydrogen) atoms. The van der Waals surface area contributed by atoms with Crippen LogP contribution in [0.25, 0.3) is 11.0 Å². The van der Waals surface area contributed by atoms with Crippen molar-refractivity contribution in [3.8, 4) is 0 Å². The van der Waals surface area contributed by atoms with Gasteiger partial charge in [-0.3, -0.25) is 14.6 Å². The molecule has 0 amide bonds. The number of carbonyl (C=O) groups excluding carboxylic acids is 1. The lowest BCUT2D eigenvalue weighted by molar-refractivity contribution is -0.120. The summed E-state index contributed by atoms with van der Waals surface area (Å²) in [6.45, 7) is 10.4. The maximum absolute atomic E-state index is 13.1. The molecule has 2 aromatic carbocycles. The Hall–Kier alpha value is -3.64. The normalized spacial score (nSPS) is 17.6. The first-order chi connectivity index (χ1) is 22.2. The van der Waals surface area contributed by atoms with Gasteiger partial charge in [-0.15, -0.1) is 0 Å². The van der Waals surface area contributed by atoms with Crippen molar-refractivity contribution in [2.75, 3.05) is 58.2 Å². The Labute approximate surface area is 272 Å². The fourth-order valence-corrected chi connectivity index (χ4v) is 7.76. The lowest BCUT2D eigenvalue weighted by atomic mass is 10.0. The van der Waals surface area contributed by atoms with Gasteiger partial charge in [0, 0.05) is 64.3 Å². The molecule has 0 atom stereocenters. The highest BCUT2D eigenvalue weighted by atomic mass is 32.2. The van der Waals surface area contributed by atoms with Crippen LogP contribution >= 0.6 is 0 Å². The molecule has 6 rings (SSSR count). The van der Waals surface area contributed by atoms with E-state index in [9.17, 15) is 13.2 Å². The van der Waals surface area contributed by atoms with Crippen LogP contribution in [-0.4, -0.2) is 108 Å². The number of benzene rings is 2. The predicted molar refractivity (Wildman–Crippen MR) is 182 cm³/mol. The van der Waals surface area contributed by atoms with Crippen LogP contribution in [-0.2, 0) is 27.5 Å². The number of anilines is 2. The molecule has 0 bridgehead atoms. The third-order valence-electron chi connectivity index (χ3n) is 9.29. The van der Waals surface area contributed by atoms with E-state index in [1.54, 1.807) is 44.3 Å². The zero-order valence-corrected chi connectivity index (χ0v) is 27.9. The molecule has 0 saturated carbocycles. The van der Waals surface area contributed by atoms with Gasteiger partial charge < -0.3 is 15.2 Å². The molecule has 2 aliphatic rings. The first-order valence-corrected chi connectivity index (χ1v) is 17.9. The summed E-state index contributed by atoms with van der Waals surface area (Å²) in [5.41, 5.74) is 3.92. The quantitative estimate of drug-likeness (QED) is 0.247. The van der Waals surface area contributed by atoms with Crippen LogP contribution in [0.15, 0.2) is 65.7 Å². The van der Waals surface area contributed by atoms with E-state index in [0.29, 0.717) is 48.3 Å². The Morgan fingerprint density at radius 1 is 0.957 bits per heavy atom. The van der Waals surface area contributed by atoms with E-state index in [1.165, 1.54) is 0 Å². The lowest BCUT2D eigenvalue weighted by Gasteiger charge is -2.42. The zero-order chi connectivity index (χ0) is 32.3. The maximum atomic E-state index is 13.1. The topological polar surface area (TPSA) is 115 Å². The molecule has 2 aromatic heterocycles. The first kappa shape index (κ1) is 32.3. The lowest BCUT2D eigenvalue weighted by Crippen LogP contribution is -2.52. The number of aromatic amines is 1. The summed E-state index contributed by atoms with van der Waals surface area (Å²) in [5.74, 6) is 1.35. The molecular weight excluding hydrogens is 598 g/mol. The molecule has 0 radical (unpaired) electrons. The van der Waals surface area contributed by atoms with E-state index in [4.69, 9.17) is 9.97 Å². The molecule has 0 unspecified atom stereocenters. The highest BCUT2D eigenvalue weighted by molar-refractivity contribution is 7.92. The smallest absolute Gasteiger partial charge is 0.182 e. The average molecular weight is 644 g/mol. The molecule has 0 spiro atoms. The van der Waals surface area contributed by atoms with E-state index >= 15 is 0 Å². The minimum Gasteiger partial charge on any atom is -0.357 e. The number of carbonyl (C=O) groups is 1. The van der Waals surface area contributed by atoms with E-state index in [1.807, 2.05) is 24.3 Å². The Morgan fingerprint density at radius 3 is 2.46 bits per heavy atom. The number of fused-ring (bicyclic) bond motifs is 1. The molecular formula is C35H45N7O3S. The molecule has 4 aromatic rings. The van der Waals surface area contributed by atoms with Gasteiger partial charge in [0.1, 0.15) is 11.3 Å². The van der Waals surface area contributed by atoms with Gasteiger partial charge in [-0.05, 0) is 63.1 Å². The number of Topliss-reactive ketones (excluding diaryl/α,β-unsaturated/α-hetero) is 1. The van der Waals surface area contributed by atoms with Gasteiger partial charge in [-0.2, -0.15) is 0 Å². The van der Waals surface area contributed by atoms with Crippen LogP contribution in [0.3, 0.4) is 0 Å². The molecule has 10 nitrogen and oxygen atoms in total. The number of ketones is 1. The number of H-pyrrole nitrogens is 1. The van der Waals surface area contributed by atoms with E-state index < -0.39 is 15.1 Å². The highest BCUT2D eigenvalue weighted by Crippen LogP contribution is 2.30. The number of likely N-dealkylation sites (N-methyl/N-ethyl adjacent to an activating group) is 1. The number of nitrogens with zero attached hydrogens (tertiary/aromatic N) is 5. The number of sulfone groups is 1. The van der Waals surface area contributed by atoms with Crippen molar-refractivity contribution >= 4 is 38.2 Å². The van der Waals surface area contributed by atoms with Gasteiger partial charge in [0.05, 0.1) is 27.9 Å². The Balaban J connectivity index is 1.10. The Kier molecular flexibility index (Phi) is 9.84. The summed E-state index contributed by atoms with van der Waals surface area (Å²) in [6, 6.07) is 17.5. The van der Waals surface area contributed by atoms with Crippen molar-refractivity contribution in [2.45, 2.75) is 55.7 Å². The van der Waals surface area contributed by atoms with Crippen molar-refractivity contribution in [3.05, 3.63) is 77.7 Å². The van der Waals surface area contributed by atoms with E-state index in [0.717, 1.165) is 68.8 Å². The number of nitrogens with one attached hydrogen (secondary N) is 2. The summed E-state index contributed by atoms with van der Waals surface area (Å²) in [6.07, 6.45) is 4.94. The molecule has 2 aliphatic heterocycles. The van der Waals surface area contributed by atoms with Crippen LogP contribution in [0, 0.1) is 0 Å². The van der Waals surface area contributed by atoms with Crippen LogP contribution < -0.4 is 5.32 Å². The standard InChI is InChI=1S/C35H45N7O3S/c1-25(2)46(44,45)32-10-5-4-9-30(32)38-35-34-31(11-14-36-34)37-33(39-35)23-27-8-6-7-26(21-27)22-29(43)24-41-15-12-28(13-16-41)42-19-17-40(3)18-20-42/h4-11,14,21,25,28,36H,12-13,15-20,22-24H2,1-3H3,(H,37,38,39). The Bertz CT molecular complexity index is 1770. The number of rotatable bonds is 11. The number of piperidine rings is 1. The van der Waals surface area contributed by atoms with Gasteiger partial charge in [-0.1, -0.05) is 36.4 Å². The van der Waals surface area contributed by atoms with Crippen molar-refractivity contribution in [1.82, 2.24) is 29.7 Å². The summed E-state index contributed by atoms with van der Waals surface area (Å²) >= 11 is 0. The van der Waals surface area contributed by atoms with Crippen LogP contribution in [0.4, 0.5) is 11.5 Å². The highest BCUT2D eigenvalue weighted by Gasteiger charge is 2.27. The second kappa shape index (κ2) is 14.0. The predicted octanol–water partition coefficient (Wildman–Crippen LogP) is 4.30. The number of likely N-dealkylation sites (tertiary alicyclic amines) is 1. The molecule has 2 saturated heterocycles. The molecule has 0 aliphatic carbocycles. The largest absolute Gasteiger partial charge is 0.357 e. The zero-order valence-electron chi connectivity index (χ0n) is 27.1. The molecule has 2 fully saturated rings. The number of para-hydroxylation sites is 1. The SMILES string of the molecule is CC(C)S(=O)(=O)c1ccccc1Nc1nc(Cc2cccc(CC(=O)CN3CCC(N4CCN(C)CC4)CC3)c2)nc2cc[nH]c12. The van der Waals surface area contributed by atoms with Gasteiger partial charge >= 0.3 is 0 Å². The van der Waals surface area contributed by atoms with Gasteiger partial charge in [0.2, 0.25) is 0 Å². The van der Waals surface area contributed by atoms with Crippen molar-refractivity contribution in [2.24, 2.45) is 0 Å². The van der Waals surface area contributed by atoms with Gasteiger partial charge in [-0.25, -0.2) is 18.4 Å². The van der Waals surface area contributed by atoms with Crippen molar-refractivity contribution in [3.63, 3.8) is 0 Å². The third-order valence-corrected chi connectivity index (χ3v) is 11.5. The number of piperazine rings is 1. The van der Waals surface area contributed by atoms with Crippen LogP contribution in [0.2, 0.25) is 0 Å². The molecule has 2 N–H and O–H groups in total. The monoisotopic (exact) mass is 643 g/mol. The minimum atomic E-state index is -3.51. The fourth-order valence-electron chi connectivity index (χ4n) is 6.56. The second-order valence-electron chi connectivity index (χ2n) is 13.0. The summed E-state index contributed by atoms with van der Waals surface area (Å²) < 4.78 is 26.1. The number of hydrogen-bond acceptors (Lipinski definition) is 9. The summed E-state index contributed by atoms with van der Waals surface area (Å²) in [5, 5.41) is 2.72. The first-order valence-electron chi connectivity index (χ1n) is 16.3.